The highest BCUT2D eigenvalue weighted by atomic mass is 16.5. The van der Waals surface area contributed by atoms with Crippen LogP contribution in [-0.4, -0.2) is 35.9 Å². The first-order valence-corrected chi connectivity index (χ1v) is 4.52. The number of carbonyl (C=O) groups excluding carboxylic acids is 1. The van der Waals surface area contributed by atoms with Crippen molar-refractivity contribution in [1.82, 2.24) is 0 Å². The zero-order valence-electron chi connectivity index (χ0n) is 8.14. The summed E-state index contributed by atoms with van der Waals surface area (Å²) in [6.45, 7) is -0.133. The van der Waals surface area contributed by atoms with Crippen LogP contribution < -0.4 is 5.32 Å². The van der Waals surface area contributed by atoms with Gasteiger partial charge in [-0.3, -0.25) is 4.79 Å². The van der Waals surface area contributed by atoms with E-state index in [1.807, 2.05) is 0 Å². The van der Waals surface area contributed by atoms with Gasteiger partial charge in [-0.05, 0) is 24.3 Å². The van der Waals surface area contributed by atoms with Crippen LogP contribution >= 0.6 is 0 Å². The number of anilines is 1. The number of phenolic OH excluding ortho intramolecular Hbond substituents is 1. The minimum absolute atomic E-state index is 0.0100. The second-order valence-electron chi connectivity index (χ2n) is 2.84. The van der Waals surface area contributed by atoms with Gasteiger partial charge in [-0.2, -0.15) is 0 Å². The van der Waals surface area contributed by atoms with Crippen LogP contribution in [0.15, 0.2) is 24.3 Å². The SMILES string of the molecule is O=C(CNc1ccc(O)cc1)OCCO. The molecule has 0 saturated heterocycles. The van der Waals surface area contributed by atoms with Gasteiger partial charge in [-0.1, -0.05) is 0 Å². The summed E-state index contributed by atoms with van der Waals surface area (Å²) in [6, 6.07) is 6.33. The second kappa shape index (κ2) is 5.87. The van der Waals surface area contributed by atoms with Crippen LogP contribution in [0.4, 0.5) is 5.69 Å². The lowest BCUT2D eigenvalue weighted by atomic mass is 10.3. The van der Waals surface area contributed by atoms with E-state index in [0.717, 1.165) is 0 Å². The number of phenols is 1. The first-order chi connectivity index (χ1) is 7.22. The van der Waals surface area contributed by atoms with E-state index < -0.39 is 5.97 Å². The van der Waals surface area contributed by atoms with Crippen molar-refractivity contribution in [3.05, 3.63) is 24.3 Å². The fraction of sp³-hybridized carbons (Fsp3) is 0.300. The molecule has 0 spiro atoms. The number of benzene rings is 1. The van der Waals surface area contributed by atoms with Gasteiger partial charge in [0.2, 0.25) is 0 Å². The maximum Gasteiger partial charge on any atom is 0.325 e. The Morgan fingerprint density at radius 2 is 2.00 bits per heavy atom. The molecule has 0 aromatic heterocycles. The summed E-state index contributed by atoms with van der Waals surface area (Å²) in [5.41, 5.74) is 0.716. The summed E-state index contributed by atoms with van der Waals surface area (Å²) < 4.78 is 4.64. The van der Waals surface area contributed by atoms with E-state index in [9.17, 15) is 4.79 Å². The number of aliphatic hydroxyl groups excluding tert-OH is 1. The van der Waals surface area contributed by atoms with Crippen LogP contribution in [0, 0.1) is 0 Å². The molecule has 0 aliphatic rings. The van der Waals surface area contributed by atoms with E-state index in [1.165, 1.54) is 12.1 Å². The van der Waals surface area contributed by atoms with E-state index in [1.54, 1.807) is 12.1 Å². The van der Waals surface area contributed by atoms with Gasteiger partial charge >= 0.3 is 5.97 Å². The lowest BCUT2D eigenvalue weighted by Crippen LogP contribution is -2.18. The fourth-order valence-corrected chi connectivity index (χ4v) is 0.964. The van der Waals surface area contributed by atoms with Crippen molar-refractivity contribution < 1.29 is 19.7 Å². The van der Waals surface area contributed by atoms with E-state index >= 15 is 0 Å². The van der Waals surface area contributed by atoms with Gasteiger partial charge in [0.25, 0.3) is 0 Å². The number of nitrogens with one attached hydrogen (secondary N) is 1. The Morgan fingerprint density at radius 1 is 1.33 bits per heavy atom. The van der Waals surface area contributed by atoms with E-state index in [-0.39, 0.29) is 25.5 Å². The lowest BCUT2D eigenvalue weighted by molar-refractivity contribution is -0.142. The molecule has 3 N–H and O–H groups in total. The maximum atomic E-state index is 11.0. The molecule has 0 fully saturated rings. The topological polar surface area (TPSA) is 78.8 Å². The van der Waals surface area contributed by atoms with Gasteiger partial charge in [0.05, 0.1) is 6.61 Å². The number of aromatic hydroxyl groups is 1. The van der Waals surface area contributed by atoms with Crippen molar-refractivity contribution in [2.45, 2.75) is 0 Å². The number of esters is 1. The minimum Gasteiger partial charge on any atom is -0.508 e. The van der Waals surface area contributed by atoms with Crippen LogP contribution in [0.5, 0.6) is 5.75 Å². The van der Waals surface area contributed by atoms with Crippen LogP contribution in [0.3, 0.4) is 0 Å². The monoisotopic (exact) mass is 211 g/mol. The molecule has 0 aliphatic heterocycles. The van der Waals surface area contributed by atoms with Gasteiger partial charge in [-0.25, -0.2) is 0 Å². The third-order valence-electron chi connectivity index (χ3n) is 1.66. The predicted octanol–water partition coefficient (Wildman–Crippen LogP) is 0.340. The Bertz CT molecular complexity index is 310. The zero-order valence-corrected chi connectivity index (χ0v) is 8.14. The van der Waals surface area contributed by atoms with E-state index in [2.05, 4.69) is 10.1 Å². The summed E-state index contributed by atoms with van der Waals surface area (Å²) in [5.74, 6) is -0.263. The first kappa shape index (κ1) is 11.3. The van der Waals surface area contributed by atoms with Crippen molar-refractivity contribution in [1.29, 1.82) is 0 Å². The molecule has 0 atom stereocenters. The molecule has 5 heteroatoms. The summed E-state index contributed by atoms with van der Waals surface area (Å²) in [5, 5.41) is 20.2. The van der Waals surface area contributed by atoms with Gasteiger partial charge in [0.1, 0.15) is 18.9 Å². The molecule has 5 nitrogen and oxygen atoms in total. The van der Waals surface area contributed by atoms with E-state index in [4.69, 9.17) is 10.2 Å². The van der Waals surface area contributed by atoms with Crippen LogP contribution in [0.2, 0.25) is 0 Å². The highest BCUT2D eigenvalue weighted by Crippen LogP contribution is 2.13. The Hall–Kier alpha value is -1.75. The second-order valence-corrected chi connectivity index (χ2v) is 2.84. The Labute approximate surface area is 87.3 Å². The molecule has 1 aromatic rings. The molecule has 0 heterocycles. The number of aliphatic hydroxyl groups is 1. The molecular formula is C10H13NO4. The van der Waals surface area contributed by atoms with Crippen molar-refractivity contribution in [3.63, 3.8) is 0 Å². The highest BCUT2D eigenvalue weighted by Gasteiger charge is 2.01. The number of hydrogen-bond acceptors (Lipinski definition) is 5. The number of rotatable bonds is 5. The summed E-state index contributed by atoms with van der Waals surface area (Å²) >= 11 is 0. The van der Waals surface area contributed by atoms with Crippen molar-refractivity contribution in [2.75, 3.05) is 25.1 Å². The average molecular weight is 211 g/mol. The minimum atomic E-state index is -0.433. The Morgan fingerprint density at radius 3 is 2.60 bits per heavy atom. The predicted molar refractivity (Wildman–Crippen MR) is 54.6 cm³/mol. The highest BCUT2D eigenvalue weighted by molar-refractivity contribution is 5.74. The first-order valence-electron chi connectivity index (χ1n) is 4.52. The Balaban J connectivity index is 2.30. The molecule has 0 bridgehead atoms. The maximum absolute atomic E-state index is 11.0. The van der Waals surface area contributed by atoms with Crippen molar-refractivity contribution >= 4 is 11.7 Å². The third-order valence-corrected chi connectivity index (χ3v) is 1.66. The number of ether oxygens (including phenoxy) is 1. The van der Waals surface area contributed by atoms with Gasteiger partial charge < -0.3 is 20.3 Å². The number of hydrogen-bond donors (Lipinski definition) is 3. The summed E-state index contributed by atoms with van der Waals surface area (Å²) in [6.07, 6.45) is 0. The van der Waals surface area contributed by atoms with Crippen molar-refractivity contribution in [3.8, 4) is 5.75 Å². The van der Waals surface area contributed by atoms with Crippen LogP contribution in [0.1, 0.15) is 0 Å². The molecule has 0 unspecified atom stereocenters. The standard InChI is InChI=1S/C10H13NO4/c12-5-6-15-10(14)7-11-8-1-3-9(13)4-2-8/h1-4,11-13H,5-7H2. The molecular weight excluding hydrogens is 198 g/mol. The molecule has 0 amide bonds. The summed E-state index contributed by atoms with van der Waals surface area (Å²) in [7, 11) is 0. The quantitative estimate of drug-likeness (QED) is 0.483. The molecule has 0 radical (unpaired) electrons. The molecule has 1 aromatic carbocycles. The lowest BCUT2D eigenvalue weighted by Gasteiger charge is -2.06. The molecule has 82 valence electrons. The van der Waals surface area contributed by atoms with Crippen molar-refractivity contribution in [2.24, 2.45) is 0 Å². The van der Waals surface area contributed by atoms with Gasteiger partial charge in [-0.15, -0.1) is 0 Å². The fourth-order valence-electron chi connectivity index (χ4n) is 0.964. The van der Waals surface area contributed by atoms with Gasteiger partial charge in [0, 0.05) is 5.69 Å². The zero-order chi connectivity index (χ0) is 11.1. The number of carbonyl (C=O) groups is 1. The van der Waals surface area contributed by atoms with Crippen LogP contribution in [0.25, 0.3) is 0 Å². The average Bonchev–Trinajstić information content (AvgIpc) is 2.25. The molecule has 0 aliphatic carbocycles. The molecule has 0 saturated carbocycles. The van der Waals surface area contributed by atoms with E-state index in [0.29, 0.717) is 5.69 Å². The summed E-state index contributed by atoms with van der Waals surface area (Å²) in [4.78, 5) is 11.0. The van der Waals surface area contributed by atoms with Gasteiger partial charge in [0.15, 0.2) is 0 Å². The largest absolute Gasteiger partial charge is 0.508 e. The molecule has 1 rings (SSSR count). The Kier molecular flexibility index (Phi) is 4.43. The third kappa shape index (κ3) is 4.33. The normalized spacial score (nSPS) is 9.67. The smallest absolute Gasteiger partial charge is 0.325 e. The van der Waals surface area contributed by atoms with Crippen LogP contribution in [-0.2, 0) is 9.53 Å². The molecule has 15 heavy (non-hydrogen) atoms.